The van der Waals surface area contributed by atoms with Crippen LogP contribution in [0.1, 0.15) is 35.1 Å². The average Bonchev–Trinajstić information content (AvgIpc) is 3.19. The molecule has 6 heteroatoms. The van der Waals surface area contributed by atoms with E-state index in [9.17, 15) is 18.5 Å². The van der Waals surface area contributed by atoms with Crippen molar-refractivity contribution in [3.8, 4) is 6.07 Å². The lowest BCUT2D eigenvalue weighted by Crippen LogP contribution is -2.59. The van der Waals surface area contributed by atoms with Gasteiger partial charge >= 0.3 is 0 Å². The number of hydrogen-bond donors (Lipinski definition) is 0. The van der Waals surface area contributed by atoms with Gasteiger partial charge in [0.25, 0.3) is 0 Å². The van der Waals surface area contributed by atoms with Crippen molar-refractivity contribution in [3.63, 3.8) is 0 Å². The Morgan fingerprint density at radius 2 is 1.47 bits per heavy atom. The summed E-state index contributed by atoms with van der Waals surface area (Å²) in [4.78, 5) is 15.1. The van der Waals surface area contributed by atoms with Gasteiger partial charge in [0.05, 0.1) is 5.70 Å². The molecule has 30 heavy (non-hydrogen) atoms. The highest BCUT2D eigenvalue weighted by atomic mass is 32.2. The van der Waals surface area contributed by atoms with E-state index in [1.165, 1.54) is 0 Å². The van der Waals surface area contributed by atoms with E-state index in [2.05, 4.69) is 0 Å². The minimum absolute atomic E-state index is 0.0390. The number of nitrogens with zero attached hydrogens (tertiary/aromatic N) is 2. The molecule has 2 aromatic carbocycles. The van der Waals surface area contributed by atoms with Gasteiger partial charge < -0.3 is 4.90 Å². The third-order valence-corrected chi connectivity index (χ3v) is 8.48. The van der Waals surface area contributed by atoms with Crippen LogP contribution in [-0.2, 0) is 27.5 Å². The van der Waals surface area contributed by atoms with Crippen LogP contribution in [-0.4, -0.2) is 30.5 Å². The van der Waals surface area contributed by atoms with Gasteiger partial charge in [0.15, 0.2) is 9.65 Å². The fourth-order valence-corrected chi connectivity index (χ4v) is 6.53. The maximum absolute atomic E-state index is 13.8. The highest BCUT2D eigenvalue weighted by Gasteiger charge is 2.59. The van der Waals surface area contributed by atoms with Crippen molar-refractivity contribution >= 4 is 15.7 Å². The molecule has 0 N–H and O–H groups in total. The van der Waals surface area contributed by atoms with Gasteiger partial charge in [-0.3, -0.25) is 4.79 Å². The summed E-state index contributed by atoms with van der Waals surface area (Å²) >= 11 is 0. The van der Waals surface area contributed by atoms with Crippen LogP contribution in [0.2, 0.25) is 0 Å². The molecule has 0 aromatic heterocycles. The quantitative estimate of drug-likeness (QED) is 0.757. The first-order valence-corrected chi connectivity index (χ1v) is 11.6. The monoisotopic (exact) mass is 420 g/mol. The largest absolute Gasteiger partial charge is 0.313 e. The van der Waals surface area contributed by atoms with Crippen molar-refractivity contribution < 1.29 is 13.2 Å². The Labute approximate surface area is 177 Å². The summed E-state index contributed by atoms with van der Waals surface area (Å²) in [5, 5.41) is 9.77. The number of hydrogen-bond acceptors (Lipinski definition) is 4. The van der Waals surface area contributed by atoms with E-state index in [1.807, 2.05) is 68.4 Å². The molecule has 0 aliphatic carbocycles. The molecule has 0 saturated carbocycles. The molecule has 2 aliphatic rings. The van der Waals surface area contributed by atoms with Crippen molar-refractivity contribution in [1.29, 1.82) is 5.26 Å². The summed E-state index contributed by atoms with van der Waals surface area (Å²) in [6.45, 7) is 4.38. The molecule has 154 valence electrons. The van der Waals surface area contributed by atoms with Crippen molar-refractivity contribution in [2.24, 2.45) is 0 Å². The maximum atomic E-state index is 13.8. The molecule has 0 atom stereocenters. The van der Waals surface area contributed by atoms with E-state index in [4.69, 9.17) is 0 Å². The van der Waals surface area contributed by atoms with Crippen LogP contribution < -0.4 is 0 Å². The predicted molar refractivity (Wildman–Crippen MR) is 115 cm³/mol. The summed E-state index contributed by atoms with van der Waals surface area (Å²) in [6.07, 6.45) is 1.19. The van der Waals surface area contributed by atoms with Crippen LogP contribution in [0.5, 0.6) is 0 Å². The lowest BCUT2D eigenvalue weighted by Gasteiger charge is -2.40. The van der Waals surface area contributed by atoms with Gasteiger partial charge in [-0.25, -0.2) is 8.42 Å². The Morgan fingerprint density at radius 1 is 0.967 bits per heavy atom. The first kappa shape index (κ1) is 20.4. The zero-order chi connectivity index (χ0) is 21.5. The SMILES string of the molecule is Cc1ccc(CC2(Cc3ccc(C)cc3)C(=O)N3CCCC3=C(C#N)S2(=O)=O)cc1. The van der Waals surface area contributed by atoms with Crippen molar-refractivity contribution in [2.45, 2.75) is 44.3 Å². The van der Waals surface area contributed by atoms with E-state index < -0.39 is 20.5 Å². The van der Waals surface area contributed by atoms with Crippen LogP contribution in [0.4, 0.5) is 0 Å². The molecule has 0 radical (unpaired) electrons. The number of carbonyl (C=O) groups is 1. The molecule has 1 saturated heterocycles. The van der Waals surface area contributed by atoms with Crippen LogP contribution in [0.25, 0.3) is 0 Å². The first-order chi connectivity index (χ1) is 14.3. The topological polar surface area (TPSA) is 78.2 Å². The number of allylic oxidation sites excluding steroid dienone is 2. The Kier molecular flexibility index (Phi) is 5.03. The molecule has 2 heterocycles. The van der Waals surface area contributed by atoms with E-state index in [0.29, 0.717) is 25.1 Å². The highest BCUT2D eigenvalue weighted by Crippen LogP contribution is 2.43. The fraction of sp³-hybridized carbons (Fsp3) is 0.333. The van der Waals surface area contributed by atoms with Gasteiger partial charge in [0, 0.05) is 19.4 Å². The van der Waals surface area contributed by atoms with Crippen molar-refractivity contribution in [1.82, 2.24) is 4.90 Å². The molecule has 2 aromatic rings. The minimum Gasteiger partial charge on any atom is -0.313 e. The number of carbonyl (C=O) groups excluding carboxylic acids is 1. The Balaban J connectivity index is 1.91. The molecule has 5 nitrogen and oxygen atoms in total. The number of fused-ring (bicyclic) bond motifs is 1. The molecule has 1 fully saturated rings. The van der Waals surface area contributed by atoms with Gasteiger partial charge in [-0.05, 0) is 37.8 Å². The van der Waals surface area contributed by atoms with Crippen LogP contribution in [0.15, 0.2) is 59.1 Å². The van der Waals surface area contributed by atoms with E-state index in [-0.39, 0.29) is 17.7 Å². The van der Waals surface area contributed by atoms with Crippen molar-refractivity contribution in [2.75, 3.05) is 6.54 Å². The normalized spacial score (nSPS) is 19.5. The van der Waals surface area contributed by atoms with Crippen LogP contribution in [0, 0.1) is 25.2 Å². The second-order valence-corrected chi connectivity index (χ2v) is 10.5. The number of nitriles is 1. The van der Waals surface area contributed by atoms with Gasteiger partial charge in [-0.2, -0.15) is 5.26 Å². The highest BCUT2D eigenvalue weighted by molar-refractivity contribution is 7.97. The Morgan fingerprint density at radius 3 is 1.93 bits per heavy atom. The number of rotatable bonds is 4. The maximum Gasteiger partial charge on any atom is 0.249 e. The molecular weight excluding hydrogens is 396 g/mol. The zero-order valence-electron chi connectivity index (χ0n) is 17.2. The summed E-state index contributed by atoms with van der Waals surface area (Å²) in [7, 11) is -4.17. The second kappa shape index (κ2) is 7.41. The van der Waals surface area contributed by atoms with Gasteiger partial charge in [0.2, 0.25) is 15.7 Å². The number of sulfone groups is 1. The van der Waals surface area contributed by atoms with Crippen LogP contribution in [0.3, 0.4) is 0 Å². The standard InChI is InChI=1S/C24H24N2O3S/c1-17-5-9-19(10-6-17)14-24(15-20-11-7-18(2)8-12-20)23(27)26-13-3-4-21(26)22(16-25)30(24,28)29/h5-12H,3-4,13-15H2,1-2H3. The molecule has 0 spiro atoms. The lowest BCUT2D eigenvalue weighted by molar-refractivity contribution is -0.131. The minimum atomic E-state index is -4.17. The first-order valence-electron chi connectivity index (χ1n) is 10.1. The fourth-order valence-electron chi connectivity index (χ4n) is 4.45. The van der Waals surface area contributed by atoms with Gasteiger partial charge in [-0.1, -0.05) is 59.7 Å². The lowest BCUT2D eigenvalue weighted by atomic mass is 9.89. The Hall–Kier alpha value is -2.91. The average molecular weight is 421 g/mol. The second-order valence-electron chi connectivity index (χ2n) is 8.27. The number of amides is 1. The summed E-state index contributed by atoms with van der Waals surface area (Å²) in [5.41, 5.74) is 4.02. The van der Waals surface area contributed by atoms with E-state index in [0.717, 1.165) is 22.3 Å². The molecule has 2 aliphatic heterocycles. The van der Waals surface area contributed by atoms with Crippen molar-refractivity contribution in [3.05, 3.63) is 81.4 Å². The number of benzene rings is 2. The predicted octanol–water partition coefficient (Wildman–Crippen LogP) is 3.61. The summed E-state index contributed by atoms with van der Waals surface area (Å²) < 4.78 is 25.9. The van der Waals surface area contributed by atoms with Gasteiger partial charge in [-0.15, -0.1) is 0 Å². The zero-order valence-corrected chi connectivity index (χ0v) is 18.0. The summed E-state index contributed by atoms with van der Waals surface area (Å²) in [5.74, 6) is -0.407. The van der Waals surface area contributed by atoms with E-state index in [1.54, 1.807) is 4.90 Å². The number of aryl methyl sites for hydroxylation is 2. The molecular formula is C24H24N2O3S. The third kappa shape index (κ3) is 3.14. The Bertz CT molecular complexity index is 1120. The smallest absolute Gasteiger partial charge is 0.249 e. The summed E-state index contributed by atoms with van der Waals surface area (Å²) in [6, 6.07) is 17.0. The molecule has 0 unspecified atom stereocenters. The molecule has 0 bridgehead atoms. The van der Waals surface area contributed by atoms with Crippen LogP contribution >= 0.6 is 0 Å². The van der Waals surface area contributed by atoms with E-state index >= 15 is 0 Å². The van der Waals surface area contributed by atoms with Gasteiger partial charge in [0.1, 0.15) is 6.07 Å². The molecule has 1 amide bonds. The molecule has 4 rings (SSSR count). The third-order valence-electron chi connectivity index (χ3n) is 6.12.